The highest BCUT2D eigenvalue weighted by atomic mass is 16.5. The van der Waals surface area contributed by atoms with Crippen LogP contribution in [0.1, 0.15) is 17.7 Å². The fourth-order valence-corrected chi connectivity index (χ4v) is 3.82. The van der Waals surface area contributed by atoms with Crippen LogP contribution < -0.4 is 0 Å². The van der Waals surface area contributed by atoms with Gasteiger partial charge in [0.2, 0.25) is 0 Å². The van der Waals surface area contributed by atoms with Crippen LogP contribution >= 0.6 is 0 Å². The second-order valence-corrected chi connectivity index (χ2v) is 7.04. The molecule has 2 unspecified atom stereocenters. The van der Waals surface area contributed by atoms with E-state index in [-0.39, 0.29) is 12.1 Å². The summed E-state index contributed by atoms with van der Waals surface area (Å²) in [5.41, 5.74) is 3.38. The summed E-state index contributed by atoms with van der Waals surface area (Å²) < 4.78 is 7.52. The summed E-state index contributed by atoms with van der Waals surface area (Å²) in [7, 11) is 0. The van der Waals surface area contributed by atoms with Gasteiger partial charge in [0, 0.05) is 32.0 Å². The minimum absolute atomic E-state index is 0.170. The molecule has 2 aromatic rings. The molecule has 4 rings (SSSR count). The SMILES string of the molecule is Cc1ccc2nc(CN3CCCN(C4COCC4O)CC3)cn2c1. The second-order valence-electron chi connectivity index (χ2n) is 7.04. The zero-order valence-corrected chi connectivity index (χ0v) is 14.3. The van der Waals surface area contributed by atoms with Crippen LogP contribution in [0.4, 0.5) is 0 Å². The molecule has 0 amide bonds. The molecule has 0 spiro atoms. The number of aryl methyl sites for hydroxylation is 1. The molecule has 1 N–H and O–H groups in total. The molecule has 2 fully saturated rings. The summed E-state index contributed by atoms with van der Waals surface area (Å²) in [6.45, 7) is 8.23. The van der Waals surface area contributed by atoms with Crippen LogP contribution in [0.2, 0.25) is 0 Å². The maximum absolute atomic E-state index is 10.0. The predicted octanol–water partition coefficient (Wildman–Crippen LogP) is 0.910. The molecule has 6 heteroatoms. The predicted molar refractivity (Wildman–Crippen MR) is 92.0 cm³/mol. The third kappa shape index (κ3) is 3.32. The van der Waals surface area contributed by atoms with Crippen LogP contribution in [0.3, 0.4) is 0 Å². The Hall–Kier alpha value is -1.47. The summed E-state index contributed by atoms with van der Waals surface area (Å²) in [4.78, 5) is 9.60. The Morgan fingerprint density at radius 3 is 2.92 bits per heavy atom. The number of aliphatic hydroxyl groups is 1. The first-order valence-corrected chi connectivity index (χ1v) is 8.85. The molecular formula is C18H26N4O2. The summed E-state index contributed by atoms with van der Waals surface area (Å²) >= 11 is 0. The number of nitrogens with zero attached hydrogens (tertiary/aromatic N) is 4. The van der Waals surface area contributed by atoms with Crippen LogP contribution in [0.5, 0.6) is 0 Å². The molecule has 0 bridgehead atoms. The number of pyridine rings is 1. The van der Waals surface area contributed by atoms with Gasteiger partial charge in [0.05, 0.1) is 31.1 Å². The maximum atomic E-state index is 10.0. The van der Waals surface area contributed by atoms with Crippen molar-refractivity contribution in [3.05, 3.63) is 35.8 Å². The normalized spacial score (nSPS) is 26.9. The van der Waals surface area contributed by atoms with E-state index in [0.29, 0.717) is 13.2 Å². The molecule has 2 aromatic heterocycles. The highest BCUT2D eigenvalue weighted by Gasteiger charge is 2.32. The molecule has 24 heavy (non-hydrogen) atoms. The Balaban J connectivity index is 1.39. The van der Waals surface area contributed by atoms with Gasteiger partial charge in [-0.3, -0.25) is 9.80 Å². The van der Waals surface area contributed by atoms with Gasteiger partial charge in [0.15, 0.2) is 0 Å². The summed E-state index contributed by atoms with van der Waals surface area (Å²) in [5.74, 6) is 0. The Morgan fingerprint density at radius 2 is 2.08 bits per heavy atom. The van der Waals surface area contributed by atoms with Crippen molar-refractivity contribution in [3.8, 4) is 0 Å². The molecule has 2 aliphatic rings. The molecule has 0 aliphatic carbocycles. The van der Waals surface area contributed by atoms with Crippen LogP contribution in [-0.4, -0.2) is 75.8 Å². The van der Waals surface area contributed by atoms with Gasteiger partial charge in [-0.1, -0.05) is 6.07 Å². The van der Waals surface area contributed by atoms with Crippen molar-refractivity contribution in [3.63, 3.8) is 0 Å². The van der Waals surface area contributed by atoms with Gasteiger partial charge in [0.1, 0.15) is 5.65 Å². The number of hydrogen-bond acceptors (Lipinski definition) is 5. The van der Waals surface area contributed by atoms with E-state index in [4.69, 9.17) is 9.72 Å². The van der Waals surface area contributed by atoms with Crippen molar-refractivity contribution in [1.82, 2.24) is 19.2 Å². The third-order valence-electron chi connectivity index (χ3n) is 5.15. The van der Waals surface area contributed by atoms with Gasteiger partial charge >= 0.3 is 0 Å². The zero-order valence-electron chi connectivity index (χ0n) is 14.3. The molecular weight excluding hydrogens is 304 g/mol. The first-order valence-electron chi connectivity index (χ1n) is 8.85. The lowest BCUT2D eigenvalue weighted by atomic mass is 10.2. The summed E-state index contributed by atoms with van der Waals surface area (Å²) in [6.07, 6.45) is 5.05. The number of ether oxygens (including phenoxy) is 1. The van der Waals surface area contributed by atoms with Crippen LogP contribution in [0.15, 0.2) is 24.5 Å². The lowest BCUT2D eigenvalue weighted by Crippen LogP contribution is -2.44. The number of imidazole rings is 1. The first kappa shape index (κ1) is 16.0. The van der Waals surface area contributed by atoms with E-state index in [1.165, 1.54) is 5.56 Å². The minimum Gasteiger partial charge on any atom is -0.389 e. The average Bonchev–Trinajstić information content (AvgIpc) is 3.08. The van der Waals surface area contributed by atoms with Gasteiger partial charge < -0.3 is 14.2 Å². The van der Waals surface area contributed by atoms with Crippen molar-refractivity contribution < 1.29 is 9.84 Å². The molecule has 0 saturated carbocycles. The van der Waals surface area contributed by atoms with Crippen LogP contribution in [0.25, 0.3) is 5.65 Å². The largest absolute Gasteiger partial charge is 0.389 e. The maximum Gasteiger partial charge on any atom is 0.137 e. The Morgan fingerprint density at radius 1 is 1.17 bits per heavy atom. The van der Waals surface area contributed by atoms with Gasteiger partial charge in [-0.25, -0.2) is 4.98 Å². The molecule has 2 saturated heterocycles. The fourth-order valence-electron chi connectivity index (χ4n) is 3.82. The standard InChI is InChI=1S/C18H26N4O2/c1-14-3-4-18-19-15(11-22(18)9-14)10-20-5-2-6-21(8-7-20)16-12-24-13-17(16)23/h3-4,9,11,16-17,23H,2,5-8,10,12-13H2,1H3. The van der Waals surface area contributed by atoms with Crippen LogP contribution in [-0.2, 0) is 11.3 Å². The number of aromatic nitrogens is 2. The Labute approximate surface area is 142 Å². The monoisotopic (exact) mass is 330 g/mol. The van der Waals surface area contributed by atoms with Gasteiger partial charge in [-0.15, -0.1) is 0 Å². The van der Waals surface area contributed by atoms with Crippen molar-refractivity contribution in [2.24, 2.45) is 0 Å². The smallest absolute Gasteiger partial charge is 0.137 e. The minimum atomic E-state index is -0.335. The molecule has 2 aliphatic heterocycles. The fraction of sp³-hybridized carbons (Fsp3) is 0.611. The lowest BCUT2D eigenvalue weighted by Gasteiger charge is -2.28. The number of aliphatic hydroxyl groups excluding tert-OH is 1. The molecule has 6 nitrogen and oxygen atoms in total. The highest BCUT2D eigenvalue weighted by molar-refractivity contribution is 5.41. The molecule has 130 valence electrons. The second kappa shape index (κ2) is 6.80. The number of rotatable bonds is 3. The average molecular weight is 330 g/mol. The van der Waals surface area contributed by atoms with Crippen LogP contribution in [0, 0.1) is 6.92 Å². The third-order valence-corrected chi connectivity index (χ3v) is 5.15. The van der Waals surface area contributed by atoms with E-state index in [1.54, 1.807) is 0 Å². The van der Waals surface area contributed by atoms with Crippen molar-refractivity contribution >= 4 is 5.65 Å². The van der Waals surface area contributed by atoms with Gasteiger partial charge in [-0.2, -0.15) is 0 Å². The quantitative estimate of drug-likeness (QED) is 0.907. The molecule has 4 heterocycles. The van der Waals surface area contributed by atoms with Crippen molar-refractivity contribution in [1.29, 1.82) is 0 Å². The Bertz CT molecular complexity index is 701. The first-order chi connectivity index (χ1) is 11.7. The van der Waals surface area contributed by atoms with Crippen molar-refractivity contribution in [2.45, 2.75) is 32.0 Å². The van der Waals surface area contributed by atoms with E-state index < -0.39 is 0 Å². The zero-order chi connectivity index (χ0) is 16.5. The molecule has 0 radical (unpaired) electrons. The van der Waals surface area contributed by atoms with Gasteiger partial charge in [0.25, 0.3) is 0 Å². The van der Waals surface area contributed by atoms with Gasteiger partial charge in [-0.05, 0) is 38.1 Å². The highest BCUT2D eigenvalue weighted by Crippen LogP contribution is 2.17. The lowest BCUT2D eigenvalue weighted by molar-refractivity contribution is 0.0837. The molecule has 2 atom stereocenters. The number of hydrogen-bond donors (Lipinski definition) is 1. The molecule has 0 aromatic carbocycles. The van der Waals surface area contributed by atoms with Crippen molar-refractivity contribution in [2.75, 3.05) is 39.4 Å². The summed E-state index contributed by atoms with van der Waals surface area (Å²) in [5, 5.41) is 10.0. The summed E-state index contributed by atoms with van der Waals surface area (Å²) in [6, 6.07) is 4.35. The Kier molecular flexibility index (Phi) is 4.54. The van der Waals surface area contributed by atoms with E-state index in [2.05, 4.69) is 45.7 Å². The van der Waals surface area contributed by atoms with E-state index in [0.717, 1.165) is 50.5 Å². The van der Waals surface area contributed by atoms with E-state index >= 15 is 0 Å². The number of fused-ring (bicyclic) bond motifs is 1. The topological polar surface area (TPSA) is 53.2 Å². The van der Waals surface area contributed by atoms with E-state index in [9.17, 15) is 5.11 Å². The van der Waals surface area contributed by atoms with E-state index in [1.807, 2.05) is 0 Å².